The van der Waals surface area contributed by atoms with Crippen molar-refractivity contribution in [3.63, 3.8) is 0 Å². The van der Waals surface area contributed by atoms with Crippen LogP contribution in [0.2, 0.25) is 16.6 Å². The van der Waals surface area contributed by atoms with Crippen LogP contribution in [0.1, 0.15) is 64.2 Å². The standard InChI is InChI=1S/C35H43NO2SSi/c1-25(2)40(26(3)4,27(5)6)38-23-31-24-39-33-22-32(28-16-10-7-11-17-28)35(34(37)36(31)33,29-18-12-8-13-19-29)30-20-14-9-15-21-30/h7-22,25-27,31-32H,23-24H2,1-6H3/t31-,32+/m1/s1. The van der Waals surface area contributed by atoms with Crippen molar-refractivity contribution in [3.05, 3.63) is 119 Å². The molecule has 2 aliphatic heterocycles. The monoisotopic (exact) mass is 569 g/mol. The van der Waals surface area contributed by atoms with Crippen LogP contribution in [-0.2, 0) is 14.6 Å². The number of amides is 1. The molecule has 5 heteroatoms. The largest absolute Gasteiger partial charge is 0.414 e. The number of hydrogen-bond acceptors (Lipinski definition) is 3. The van der Waals surface area contributed by atoms with Gasteiger partial charge in [0.15, 0.2) is 8.32 Å². The van der Waals surface area contributed by atoms with Crippen molar-refractivity contribution in [2.24, 2.45) is 0 Å². The van der Waals surface area contributed by atoms with Gasteiger partial charge in [-0.05, 0) is 39.4 Å². The predicted octanol–water partition coefficient (Wildman–Crippen LogP) is 8.75. The molecule has 0 aromatic heterocycles. The highest BCUT2D eigenvalue weighted by molar-refractivity contribution is 8.03. The van der Waals surface area contributed by atoms with Crippen LogP contribution in [0.5, 0.6) is 0 Å². The molecule has 0 radical (unpaired) electrons. The molecule has 0 saturated carbocycles. The van der Waals surface area contributed by atoms with E-state index in [-0.39, 0.29) is 17.9 Å². The van der Waals surface area contributed by atoms with E-state index in [0.717, 1.165) is 27.5 Å². The third-order valence-corrected chi connectivity index (χ3v) is 16.5. The van der Waals surface area contributed by atoms with Gasteiger partial charge in [-0.2, -0.15) is 0 Å². The molecule has 3 nitrogen and oxygen atoms in total. The third-order valence-electron chi connectivity index (χ3n) is 9.21. The van der Waals surface area contributed by atoms with Crippen molar-refractivity contribution in [3.8, 4) is 0 Å². The lowest BCUT2D eigenvalue weighted by atomic mass is 9.61. The van der Waals surface area contributed by atoms with E-state index in [4.69, 9.17) is 4.43 Å². The molecule has 2 aliphatic rings. The number of benzene rings is 3. The molecule has 40 heavy (non-hydrogen) atoms. The maximum atomic E-state index is 15.3. The molecule has 210 valence electrons. The van der Waals surface area contributed by atoms with E-state index in [1.54, 1.807) is 11.8 Å². The number of rotatable bonds is 9. The van der Waals surface area contributed by atoms with E-state index in [9.17, 15) is 0 Å². The number of allylic oxidation sites excluding steroid dienone is 1. The Morgan fingerprint density at radius 2 is 1.27 bits per heavy atom. The lowest BCUT2D eigenvalue weighted by Gasteiger charge is -2.47. The zero-order valence-electron chi connectivity index (χ0n) is 24.7. The first-order valence-corrected chi connectivity index (χ1v) is 17.8. The molecule has 3 aromatic carbocycles. The van der Waals surface area contributed by atoms with E-state index in [1.165, 1.54) is 0 Å². The quantitative estimate of drug-likeness (QED) is 0.241. The minimum atomic E-state index is -2.07. The van der Waals surface area contributed by atoms with E-state index < -0.39 is 13.7 Å². The maximum Gasteiger partial charge on any atom is 0.243 e. The summed E-state index contributed by atoms with van der Waals surface area (Å²) in [6, 6.07) is 31.4. The number of fused-ring (bicyclic) bond motifs is 1. The van der Waals surface area contributed by atoms with Crippen LogP contribution >= 0.6 is 11.8 Å². The van der Waals surface area contributed by atoms with Crippen molar-refractivity contribution < 1.29 is 9.22 Å². The van der Waals surface area contributed by atoms with Crippen LogP contribution in [0, 0.1) is 0 Å². The maximum absolute atomic E-state index is 15.3. The Balaban J connectivity index is 1.64. The van der Waals surface area contributed by atoms with Gasteiger partial charge in [-0.25, -0.2) is 0 Å². The molecular weight excluding hydrogens is 527 g/mol. The summed E-state index contributed by atoms with van der Waals surface area (Å²) in [5, 5.41) is 1.07. The van der Waals surface area contributed by atoms with Gasteiger partial charge in [0.05, 0.1) is 17.7 Å². The summed E-state index contributed by atoms with van der Waals surface area (Å²) in [6.07, 6.45) is 2.36. The smallest absolute Gasteiger partial charge is 0.243 e. The van der Waals surface area contributed by atoms with Gasteiger partial charge in [0.1, 0.15) is 5.41 Å². The van der Waals surface area contributed by atoms with Gasteiger partial charge < -0.3 is 4.43 Å². The Morgan fingerprint density at radius 3 is 1.75 bits per heavy atom. The molecule has 1 saturated heterocycles. The van der Waals surface area contributed by atoms with Crippen molar-refractivity contribution >= 4 is 26.0 Å². The first-order valence-electron chi connectivity index (χ1n) is 14.7. The average Bonchev–Trinajstić information content (AvgIpc) is 3.37. The Labute approximate surface area is 246 Å². The van der Waals surface area contributed by atoms with Gasteiger partial charge >= 0.3 is 0 Å². The van der Waals surface area contributed by atoms with Gasteiger partial charge in [-0.15, -0.1) is 11.8 Å². The number of thioether (sulfide) groups is 1. The number of hydrogen-bond donors (Lipinski definition) is 0. The van der Waals surface area contributed by atoms with Crippen LogP contribution in [0.4, 0.5) is 0 Å². The molecule has 1 amide bonds. The summed E-state index contributed by atoms with van der Waals surface area (Å²) in [7, 11) is -2.07. The zero-order valence-corrected chi connectivity index (χ0v) is 26.5. The second-order valence-corrected chi connectivity index (χ2v) is 18.7. The van der Waals surface area contributed by atoms with Crippen molar-refractivity contribution in [2.45, 2.75) is 75.5 Å². The molecule has 1 fully saturated rings. The van der Waals surface area contributed by atoms with Crippen molar-refractivity contribution in [1.82, 2.24) is 4.90 Å². The summed E-state index contributed by atoms with van der Waals surface area (Å²) in [6.45, 7) is 14.5. The summed E-state index contributed by atoms with van der Waals surface area (Å²) in [5.74, 6) is 0.887. The molecule has 0 aliphatic carbocycles. The Morgan fingerprint density at radius 1 is 0.800 bits per heavy atom. The summed E-state index contributed by atoms with van der Waals surface area (Å²) in [4.78, 5) is 17.4. The predicted molar refractivity (Wildman–Crippen MR) is 171 cm³/mol. The van der Waals surface area contributed by atoms with Crippen LogP contribution in [0.15, 0.2) is 102 Å². The topological polar surface area (TPSA) is 29.5 Å². The van der Waals surface area contributed by atoms with Gasteiger partial charge in [-0.3, -0.25) is 9.69 Å². The minimum absolute atomic E-state index is 0.00963. The zero-order chi connectivity index (χ0) is 28.5. The fourth-order valence-electron chi connectivity index (χ4n) is 7.54. The molecule has 0 spiro atoms. The number of carbonyl (C=O) groups excluding carboxylic acids is 1. The third kappa shape index (κ3) is 4.70. The molecule has 3 aromatic rings. The van der Waals surface area contributed by atoms with Gasteiger partial charge in [0.25, 0.3) is 0 Å². The number of carbonyl (C=O) groups is 1. The van der Waals surface area contributed by atoms with Crippen LogP contribution < -0.4 is 0 Å². The van der Waals surface area contributed by atoms with Gasteiger partial charge in [-0.1, -0.05) is 133 Å². The molecule has 0 bridgehead atoms. The van der Waals surface area contributed by atoms with Crippen molar-refractivity contribution in [1.29, 1.82) is 0 Å². The average molecular weight is 570 g/mol. The molecule has 2 atom stereocenters. The lowest BCUT2D eigenvalue weighted by molar-refractivity contribution is -0.136. The highest BCUT2D eigenvalue weighted by atomic mass is 32.2. The fourth-order valence-corrected chi connectivity index (χ4v) is 14.2. The summed E-state index contributed by atoms with van der Waals surface area (Å²) in [5.41, 5.74) is 3.85. The highest BCUT2D eigenvalue weighted by Crippen LogP contribution is 2.54. The van der Waals surface area contributed by atoms with Crippen LogP contribution in [0.25, 0.3) is 0 Å². The highest BCUT2D eigenvalue weighted by Gasteiger charge is 2.57. The molecule has 5 rings (SSSR count). The van der Waals surface area contributed by atoms with Crippen LogP contribution in [-0.4, -0.2) is 37.5 Å². The van der Waals surface area contributed by atoms with E-state index in [0.29, 0.717) is 23.2 Å². The van der Waals surface area contributed by atoms with Crippen LogP contribution in [0.3, 0.4) is 0 Å². The first kappa shape index (κ1) is 28.9. The number of nitrogens with zero attached hydrogens (tertiary/aromatic N) is 1. The van der Waals surface area contributed by atoms with E-state index in [1.807, 2.05) is 18.2 Å². The summed E-state index contributed by atoms with van der Waals surface area (Å²) >= 11 is 1.81. The Hall–Kier alpha value is -2.60. The molecule has 0 unspecified atom stereocenters. The second kappa shape index (κ2) is 11.7. The van der Waals surface area contributed by atoms with E-state index >= 15 is 4.79 Å². The Kier molecular flexibility index (Phi) is 8.47. The molecular formula is C35H43NO2SSi. The fraction of sp³-hybridized carbons (Fsp3) is 0.400. The first-order chi connectivity index (χ1) is 19.2. The second-order valence-electron chi connectivity index (χ2n) is 12.2. The molecule has 2 heterocycles. The molecule has 0 N–H and O–H groups in total. The van der Waals surface area contributed by atoms with Gasteiger partial charge in [0, 0.05) is 11.7 Å². The van der Waals surface area contributed by atoms with Gasteiger partial charge in [0.2, 0.25) is 5.91 Å². The normalized spacial score (nSPS) is 20.8. The Bertz CT molecular complexity index is 1260. The van der Waals surface area contributed by atoms with Crippen molar-refractivity contribution in [2.75, 3.05) is 12.4 Å². The minimum Gasteiger partial charge on any atom is -0.414 e. The van der Waals surface area contributed by atoms with E-state index in [2.05, 4.69) is 125 Å². The summed E-state index contributed by atoms with van der Waals surface area (Å²) < 4.78 is 7.09. The lowest BCUT2D eigenvalue weighted by Crippen LogP contribution is -2.56. The SMILES string of the molecule is CC(C)[Si](OC[C@@H]1CSC2=C[C@@H](c3ccccc3)C(c3ccccc3)(c3ccccc3)C(=O)N21)(C(C)C)C(C)C.